The van der Waals surface area contributed by atoms with Gasteiger partial charge >= 0.3 is 0 Å². The minimum Gasteiger partial charge on any atom is -0.207 e. The second kappa shape index (κ2) is 8.04. The highest BCUT2D eigenvalue weighted by Crippen LogP contribution is 2.33. The first-order chi connectivity index (χ1) is 12.7. The van der Waals surface area contributed by atoms with Crippen molar-refractivity contribution in [2.24, 2.45) is 0 Å². The molecule has 3 aromatic carbocycles. The van der Waals surface area contributed by atoms with Crippen LogP contribution in [-0.2, 0) is 0 Å². The minimum absolute atomic E-state index is 0.332. The Morgan fingerprint density at radius 2 is 1.19 bits per heavy atom. The van der Waals surface area contributed by atoms with E-state index in [0.717, 1.165) is 27.8 Å². The van der Waals surface area contributed by atoms with Crippen LogP contribution in [0.15, 0.2) is 91.0 Å². The Balaban J connectivity index is 2.32. The maximum atomic E-state index is 13.4. The topological polar surface area (TPSA) is 23.8 Å². The summed E-state index contributed by atoms with van der Waals surface area (Å²) in [6, 6.07) is 23.8. The predicted octanol–water partition coefficient (Wildman–Crippen LogP) is 6.00. The van der Waals surface area contributed by atoms with Crippen molar-refractivity contribution in [1.29, 1.82) is 5.26 Å². The van der Waals surface area contributed by atoms with Crippen molar-refractivity contribution >= 4 is 11.1 Å². The molecule has 0 bridgehead atoms. The van der Waals surface area contributed by atoms with Gasteiger partial charge in [-0.05, 0) is 58.2 Å². The van der Waals surface area contributed by atoms with Crippen LogP contribution in [0.25, 0.3) is 11.1 Å². The summed E-state index contributed by atoms with van der Waals surface area (Å²) in [5.41, 5.74) is 4.05. The summed E-state index contributed by atoms with van der Waals surface area (Å²) >= 11 is 0. The van der Waals surface area contributed by atoms with Crippen LogP contribution in [0.2, 0.25) is 0 Å². The SMILES string of the molecule is N#C/C=C/C(=C(c1ccc(F)cc1)c1ccc(F)cc1)c1ccccc1. The van der Waals surface area contributed by atoms with Crippen molar-refractivity contribution in [3.05, 3.63) is 119 Å². The van der Waals surface area contributed by atoms with Crippen molar-refractivity contribution in [2.45, 2.75) is 0 Å². The number of nitrogens with zero attached hydrogens (tertiary/aromatic N) is 1. The van der Waals surface area contributed by atoms with Crippen molar-refractivity contribution in [3.63, 3.8) is 0 Å². The van der Waals surface area contributed by atoms with Crippen molar-refractivity contribution in [2.75, 3.05) is 0 Å². The van der Waals surface area contributed by atoms with Gasteiger partial charge in [-0.2, -0.15) is 5.26 Å². The number of allylic oxidation sites excluding steroid dienone is 3. The Morgan fingerprint density at radius 3 is 1.65 bits per heavy atom. The molecule has 0 spiro atoms. The molecule has 0 unspecified atom stereocenters. The average molecular weight is 343 g/mol. The first kappa shape index (κ1) is 17.3. The van der Waals surface area contributed by atoms with Gasteiger partial charge < -0.3 is 0 Å². The quantitative estimate of drug-likeness (QED) is 0.324. The molecule has 0 amide bonds. The van der Waals surface area contributed by atoms with Gasteiger partial charge in [-0.25, -0.2) is 8.78 Å². The van der Waals surface area contributed by atoms with E-state index >= 15 is 0 Å². The fourth-order valence-corrected chi connectivity index (χ4v) is 2.77. The van der Waals surface area contributed by atoms with Gasteiger partial charge in [-0.15, -0.1) is 0 Å². The number of rotatable bonds is 4. The van der Waals surface area contributed by atoms with E-state index < -0.39 is 0 Å². The molecule has 0 radical (unpaired) electrons. The predicted molar refractivity (Wildman–Crippen MR) is 99.9 cm³/mol. The summed E-state index contributed by atoms with van der Waals surface area (Å²) in [5, 5.41) is 9.00. The van der Waals surface area contributed by atoms with Crippen LogP contribution in [0.3, 0.4) is 0 Å². The van der Waals surface area contributed by atoms with E-state index in [4.69, 9.17) is 5.26 Å². The maximum absolute atomic E-state index is 13.4. The third-order valence-electron chi connectivity index (χ3n) is 3.94. The zero-order valence-electron chi connectivity index (χ0n) is 13.9. The van der Waals surface area contributed by atoms with Crippen molar-refractivity contribution in [3.8, 4) is 6.07 Å². The van der Waals surface area contributed by atoms with Gasteiger partial charge in [0.1, 0.15) is 11.6 Å². The lowest BCUT2D eigenvalue weighted by atomic mass is 9.89. The Morgan fingerprint density at radius 1 is 0.692 bits per heavy atom. The zero-order chi connectivity index (χ0) is 18.4. The van der Waals surface area contributed by atoms with Crippen LogP contribution < -0.4 is 0 Å². The molecule has 0 aromatic heterocycles. The molecule has 3 heteroatoms. The monoisotopic (exact) mass is 343 g/mol. The third-order valence-corrected chi connectivity index (χ3v) is 3.94. The average Bonchev–Trinajstić information content (AvgIpc) is 2.68. The second-order valence-electron chi connectivity index (χ2n) is 5.63. The van der Waals surface area contributed by atoms with E-state index in [1.807, 2.05) is 36.4 Å². The van der Waals surface area contributed by atoms with E-state index in [9.17, 15) is 8.78 Å². The Hall–Kier alpha value is -3.51. The van der Waals surface area contributed by atoms with Gasteiger partial charge in [0.05, 0.1) is 6.07 Å². The molecule has 0 atom stereocenters. The summed E-state index contributed by atoms with van der Waals surface area (Å²) < 4.78 is 26.8. The molecule has 26 heavy (non-hydrogen) atoms. The molecule has 1 nitrogen and oxygen atoms in total. The summed E-state index contributed by atoms with van der Waals surface area (Å²) in [6.45, 7) is 0. The summed E-state index contributed by atoms with van der Waals surface area (Å²) in [5.74, 6) is -0.665. The fourth-order valence-electron chi connectivity index (χ4n) is 2.77. The van der Waals surface area contributed by atoms with E-state index in [2.05, 4.69) is 0 Å². The highest BCUT2D eigenvalue weighted by molar-refractivity contribution is 6.02. The minimum atomic E-state index is -0.332. The van der Waals surface area contributed by atoms with Gasteiger partial charge in [0, 0.05) is 6.08 Å². The van der Waals surface area contributed by atoms with Crippen LogP contribution in [0.4, 0.5) is 8.78 Å². The largest absolute Gasteiger partial charge is 0.207 e. The number of hydrogen-bond acceptors (Lipinski definition) is 1. The highest BCUT2D eigenvalue weighted by atomic mass is 19.1. The van der Waals surface area contributed by atoms with Gasteiger partial charge in [0.25, 0.3) is 0 Å². The first-order valence-electron chi connectivity index (χ1n) is 8.07. The number of benzene rings is 3. The van der Waals surface area contributed by atoms with Crippen LogP contribution in [0.5, 0.6) is 0 Å². The van der Waals surface area contributed by atoms with E-state index in [0.29, 0.717) is 0 Å². The molecule has 0 aliphatic rings. The smallest absolute Gasteiger partial charge is 0.123 e. The molecule has 126 valence electrons. The molecule has 3 rings (SSSR count). The van der Waals surface area contributed by atoms with Crippen LogP contribution in [-0.4, -0.2) is 0 Å². The van der Waals surface area contributed by atoms with Gasteiger partial charge in [-0.1, -0.05) is 54.6 Å². The lowest BCUT2D eigenvalue weighted by Gasteiger charge is -2.15. The molecule has 0 saturated heterocycles. The standard InChI is InChI=1S/C23H15F2N/c24-20-12-8-18(9-13-20)23(19-10-14-21(25)15-11-19)22(7-4-16-26)17-5-2-1-3-6-17/h1-15H/b7-4+. The molecule has 0 heterocycles. The van der Waals surface area contributed by atoms with Gasteiger partial charge in [0.2, 0.25) is 0 Å². The van der Waals surface area contributed by atoms with E-state index in [1.54, 1.807) is 30.3 Å². The molecule has 0 aliphatic carbocycles. The highest BCUT2D eigenvalue weighted by Gasteiger charge is 2.13. The van der Waals surface area contributed by atoms with Gasteiger partial charge in [-0.3, -0.25) is 0 Å². The number of hydrogen-bond donors (Lipinski definition) is 0. The lowest BCUT2D eigenvalue weighted by Crippen LogP contribution is -1.94. The van der Waals surface area contributed by atoms with Crippen molar-refractivity contribution < 1.29 is 8.78 Å². The first-order valence-corrected chi connectivity index (χ1v) is 8.07. The Kier molecular flexibility index (Phi) is 5.36. The van der Waals surface area contributed by atoms with Crippen LogP contribution in [0.1, 0.15) is 16.7 Å². The van der Waals surface area contributed by atoms with Crippen LogP contribution >= 0.6 is 0 Å². The number of halogens is 2. The molecular formula is C23H15F2N. The third kappa shape index (κ3) is 3.93. The molecule has 3 aromatic rings. The second-order valence-corrected chi connectivity index (χ2v) is 5.63. The zero-order valence-corrected chi connectivity index (χ0v) is 13.9. The van der Waals surface area contributed by atoms with Crippen LogP contribution in [0, 0.1) is 23.0 Å². The molecular weight excluding hydrogens is 328 g/mol. The summed E-state index contributed by atoms with van der Waals surface area (Å²) in [7, 11) is 0. The van der Waals surface area contributed by atoms with E-state index in [1.165, 1.54) is 30.3 Å². The lowest BCUT2D eigenvalue weighted by molar-refractivity contribution is 0.627. The fraction of sp³-hybridized carbons (Fsp3) is 0. The summed E-state index contributed by atoms with van der Waals surface area (Å²) in [6.07, 6.45) is 3.12. The van der Waals surface area contributed by atoms with Crippen molar-refractivity contribution in [1.82, 2.24) is 0 Å². The molecule has 0 aliphatic heterocycles. The molecule has 0 fully saturated rings. The molecule has 0 N–H and O–H groups in total. The Bertz CT molecular complexity index is 930. The van der Waals surface area contributed by atoms with Gasteiger partial charge in [0.15, 0.2) is 0 Å². The van der Waals surface area contributed by atoms with E-state index in [-0.39, 0.29) is 11.6 Å². The Labute approximate surface area is 151 Å². The maximum Gasteiger partial charge on any atom is 0.123 e. The summed E-state index contributed by atoms with van der Waals surface area (Å²) in [4.78, 5) is 0. The normalized spacial score (nSPS) is 10.5. The number of nitriles is 1. The molecule has 0 saturated carbocycles.